The first-order chi connectivity index (χ1) is 31.2. The predicted molar refractivity (Wildman–Crippen MR) is 239 cm³/mol. The van der Waals surface area contributed by atoms with Crippen molar-refractivity contribution in [1.29, 1.82) is 0 Å². The van der Waals surface area contributed by atoms with Gasteiger partial charge in [-0.1, -0.05) is 108 Å². The summed E-state index contributed by atoms with van der Waals surface area (Å²) in [6.45, 7) is 3.52. The van der Waals surface area contributed by atoms with Crippen LogP contribution >= 0.6 is 11.6 Å². The first kappa shape index (κ1) is 50.1. The fourth-order valence-electron chi connectivity index (χ4n) is 6.48. The molecule has 0 aromatic heterocycles. The van der Waals surface area contributed by atoms with Crippen LogP contribution in [0.4, 0.5) is 0 Å². The second kappa shape index (κ2) is 22.7. The number of ketones is 3. The lowest BCUT2D eigenvalue weighted by molar-refractivity contribution is 0.0682. The maximum absolute atomic E-state index is 12.3. The van der Waals surface area contributed by atoms with Crippen molar-refractivity contribution in [3.63, 3.8) is 0 Å². The number of rotatable bonds is 15. The molecule has 0 aliphatic carbocycles. The molecule has 6 aromatic carbocycles. The predicted octanol–water partition coefficient (Wildman–Crippen LogP) is 8.80. The van der Waals surface area contributed by atoms with Gasteiger partial charge in [0, 0.05) is 36.0 Å². The molecule has 0 aliphatic heterocycles. The Morgan fingerprint density at radius 3 is 0.955 bits per heavy atom. The van der Waals surface area contributed by atoms with Gasteiger partial charge in [0.25, 0.3) is 0 Å². The molecule has 0 saturated carbocycles. The number of carbonyl (C=O) groups excluding carboxylic acids is 3. The number of aromatic carboxylic acids is 6. The first-order valence-corrected chi connectivity index (χ1v) is 19.8. The lowest BCUT2D eigenvalue weighted by Gasteiger charge is -2.08. The van der Waals surface area contributed by atoms with E-state index in [1.807, 2.05) is 0 Å². The third kappa shape index (κ3) is 13.2. The van der Waals surface area contributed by atoms with E-state index < -0.39 is 47.4 Å². The van der Waals surface area contributed by atoms with Crippen LogP contribution in [0.1, 0.15) is 121 Å². The highest BCUT2D eigenvalue weighted by Gasteiger charge is 2.21. The minimum atomic E-state index is -1.19. The standard InChI is InChI=1S/2C17H14O5.C16H11ClO5/c2*1-10-6-7-11(14(8-10)17(21)22)9-15(18)12-4-2-3-5-13(12)16(19)20;17-13-7-9(5-6-12(13)16(21)22)8-14(18)10-3-1-2-4-11(10)15(19)20/h2*2-8H,9H2,1H3,(H,19,20)(H,21,22);1-7H,8H2,(H,19,20)(H,21,22). The van der Waals surface area contributed by atoms with Gasteiger partial charge in [0.1, 0.15) is 0 Å². The van der Waals surface area contributed by atoms with Gasteiger partial charge in [0.2, 0.25) is 0 Å². The molecular formula is C50H39ClO15. The highest BCUT2D eigenvalue weighted by Crippen LogP contribution is 2.22. The minimum Gasteiger partial charge on any atom is -0.478 e. The second-order valence-electron chi connectivity index (χ2n) is 14.4. The van der Waals surface area contributed by atoms with Crippen LogP contribution in [0.15, 0.2) is 127 Å². The van der Waals surface area contributed by atoms with E-state index in [1.165, 1.54) is 78.9 Å². The molecule has 0 fully saturated rings. The topological polar surface area (TPSA) is 275 Å². The van der Waals surface area contributed by atoms with E-state index in [0.717, 1.165) is 11.1 Å². The van der Waals surface area contributed by atoms with Crippen LogP contribution in [0.5, 0.6) is 0 Å². The van der Waals surface area contributed by atoms with Gasteiger partial charge in [0.15, 0.2) is 17.3 Å². The fraction of sp³-hybridized carbons (Fsp3) is 0.100. The second-order valence-corrected chi connectivity index (χ2v) is 14.8. The van der Waals surface area contributed by atoms with Crippen molar-refractivity contribution in [2.75, 3.05) is 0 Å². The summed E-state index contributed by atoms with van der Waals surface area (Å²) in [5, 5.41) is 54.7. The van der Waals surface area contributed by atoms with Crippen molar-refractivity contribution in [3.05, 3.63) is 210 Å². The Labute approximate surface area is 380 Å². The van der Waals surface area contributed by atoms with Crippen LogP contribution in [0.25, 0.3) is 0 Å². The molecule has 0 amide bonds. The van der Waals surface area contributed by atoms with E-state index >= 15 is 0 Å². The van der Waals surface area contributed by atoms with Gasteiger partial charge < -0.3 is 30.6 Å². The van der Waals surface area contributed by atoms with Gasteiger partial charge in [-0.2, -0.15) is 0 Å². The Kier molecular flexibility index (Phi) is 17.2. The van der Waals surface area contributed by atoms with E-state index in [-0.39, 0.29) is 80.1 Å². The van der Waals surface area contributed by atoms with Gasteiger partial charge in [-0.25, -0.2) is 28.8 Å². The van der Waals surface area contributed by atoms with Crippen molar-refractivity contribution < 1.29 is 73.8 Å². The number of halogens is 1. The van der Waals surface area contributed by atoms with Crippen molar-refractivity contribution in [1.82, 2.24) is 0 Å². The number of hydrogen-bond acceptors (Lipinski definition) is 9. The van der Waals surface area contributed by atoms with Crippen LogP contribution in [0.3, 0.4) is 0 Å². The van der Waals surface area contributed by atoms with E-state index in [1.54, 1.807) is 62.4 Å². The largest absolute Gasteiger partial charge is 0.478 e. The summed E-state index contributed by atoms with van der Waals surface area (Å²) in [5.74, 6) is -8.16. The third-order valence-electron chi connectivity index (χ3n) is 9.70. The van der Waals surface area contributed by atoms with Crippen LogP contribution in [-0.4, -0.2) is 83.8 Å². The highest BCUT2D eigenvalue weighted by atomic mass is 35.5. The van der Waals surface area contributed by atoms with Gasteiger partial charge in [-0.3, -0.25) is 14.4 Å². The Morgan fingerprint density at radius 2 is 0.652 bits per heavy atom. The monoisotopic (exact) mass is 914 g/mol. The molecule has 0 aliphatic rings. The van der Waals surface area contributed by atoms with E-state index in [4.69, 9.17) is 32.0 Å². The molecule has 0 heterocycles. The van der Waals surface area contributed by atoms with Crippen LogP contribution in [-0.2, 0) is 19.3 Å². The molecule has 0 radical (unpaired) electrons. The average Bonchev–Trinajstić information content (AvgIpc) is 3.27. The molecule has 0 saturated heterocycles. The van der Waals surface area contributed by atoms with Gasteiger partial charge >= 0.3 is 35.8 Å². The third-order valence-corrected chi connectivity index (χ3v) is 10.0. The van der Waals surface area contributed by atoms with Crippen molar-refractivity contribution in [2.45, 2.75) is 33.1 Å². The SMILES string of the molecule is Cc1ccc(CC(=O)c2ccccc2C(=O)O)c(C(=O)O)c1.Cc1ccc(CC(=O)c2ccccc2C(=O)O)c(C(=O)O)c1.O=C(O)c1ccc(CC(=O)c2ccccc2C(=O)O)cc1Cl. The summed E-state index contributed by atoms with van der Waals surface area (Å²) in [5.41, 5.74) is 2.87. The smallest absolute Gasteiger partial charge is 0.337 e. The fourth-order valence-corrected chi connectivity index (χ4v) is 6.77. The zero-order valence-corrected chi connectivity index (χ0v) is 35.7. The number of aryl methyl sites for hydroxylation is 2. The Hall–Kier alpha value is -8.56. The molecule has 0 bridgehead atoms. The van der Waals surface area contributed by atoms with Crippen molar-refractivity contribution in [2.24, 2.45) is 0 Å². The quantitative estimate of drug-likeness (QED) is 0.0525. The molecule has 0 spiro atoms. The molecule has 15 nitrogen and oxygen atoms in total. The number of benzene rings is 6. The molecule has 6 aromatic rings. The number of Topliss-reactive ketones (excluding diaryl/α,β-unsaturated/α-hetero) is 3. The minimum absolute atomic E-state index is 0.0318. The van der Waals surface area contributed by atoms with Gasteiger partial charge in [0.05, 0.1) is 38.4 Å². The van der Waals surface area contributed by atoms with Gasteiger partial charge in [-0.05, 0) is 73.0 Å². The number of carboxylic acids is 6. The van der Waals surface area contributed by atoms with E-state index in [9.17, 15) is 53.4 Å². The summed E-state index contributed by atoms with van der Waals surface area (Å²) in [4.78, 5) is 104. The maximum atomic E-state index is 12.3. The zero-order chi connectivity index (χ0) is 48.8. The maximum Gasteiger partial charge on any atom is 0.337 e. The summed E-state index contributed by atoms with van der Waals surface area (Å²) in [6, 6.07) is 31.5. The van der Waals surface area contributed by atoms with E-state index in [2.05, 4.69) is 0 Å². The van der Waals surface area contributed by atoms with Crippen LogP contribution < -0.4 is 0 Å². The van der Waals surface area contributed by atoms with Crippen molar-refractivity contribution >= 4 is 64.8 Å². The number of carboxylic acid groups (broad SMARTS) is 6. The molecule has 6 N–H and O–H groups in total. The van der Waals surface area contributed by atoms with Crippen LogP contribution in [0.2, 0.25) is 5.02 Å². The number of hydrogen-bond donors (Lipinski definition) is 6. The lowest BCUT2D eigenvalue weighted by atomic mass is 9.95. The summed E-state index contributed by atoms with van der Waals surface area (Å²) in [7, 11) is 0. The van der Waals surface area contributed by atoms with Crippen LogP contribution in [0, 0.1) is 13.8 Å². The molecule has 66 heavy (non-hydrogen) atoms. The first-order valence-electron chi connectivity index (χ1n) is 19.4. The molecule has 6 rings (SSSR count). The van der Waals surface area contributed by atoms with Crippen molar-refractivity contribution in [3.8, 4) is 0 Å². The Balaban J connectivity index is 0.000000216. The normalized spacial score (nSPS) is 10.2. The van der Waals surface area contributed by atoms with E-state index in [0.29, 0.717) is 16.7 Å². The number of carbonyl (C=O) groups is 9. The summed E-state index contributed by atoms with van der Waals surface area (Å²) >= 11 is 5.85. The molecular weight excluding hydrogens is 876 g/mol. The molecule has 16 heteroatoms. The Morgan fingerprint density at radius 1 is 0.348 bits per heavy atom. The summed E-state index contributed by atoms with van der Waals surface area (Å²) in [6.07, 6.45) is -0.387. The van der Waals surface area contributed by atoms with Gasteiger partial charge in [-0.15, -0.1) is 0 Å². The zero-order valence-electron chi connectivity index (χ0n) is 35.0. The Bertz CT molecular complexity index is 2780. The molecule has 336 valence electrons. The molecule has 0 atom stereocenters. The molecule has 0 unspecified atom stereocenters. The lowest BCUT2D eigenvalue weighted by Crippen LogP contribution is -2.13. The highest BCUT2D eigenvalue weighted by molar-refractivity contribution is 6.33. The average molecular weight is 915 g/mol. The summed E-state index contributed by atoms with van der Waals surface area (Å²) < 4.78 is 0.